The molecule has 1 aliphatic rings. The molecule has 1 saturated heterocycles. The van der Waals surface area contributed by atoms with Crippen molar-refractivity contribution in [2.24, 2.45) is 5.73 Å². The second-order valence-corrected chi connectivity index (χ2v) is 5.12. The molecule has 1 fully saturated rings. The average Bonchev–Trinajstić information content (AvgIpc) is 2.87. The van der Waals surface area contributed by atoms with E-state index >= 15 is 0 Å². The van der Waals surface area contributed by atoms with Crippen molar-refractivity contribution in [3.63, 3.8) is 0 Å². The fraction of sp³-hybridized carbons (Fsp3) is 0.533. The molecule has 0 radical (unpaired) electrons. The van der Waals surface area contributed by atoms with Crippen LogP contribution in [-0.2, 0) is 16.1 Å². The molecule has 3 N–H and O–H groups in total. The highest BCUT2D eigenvalue weighted by Gasteiger charge is 2.23. The zero-order valence-electron chi connectivity index (χ0n) is 11.8. The molecule has 0 spiro atoms. The molecular formula is C15H23N3O2. The SMILES string of the molecule is NCCOCC(=O)NC1CCN(Cc2ccccc2)C1. The van der Waals surface area contributed by atoms with Crippen molar-refractivity contribution in [1.82, 2.24) is 10.2 Å². The largest absolute Gasteiger partial charge is 0.370 e. The van der Waals surface area contributed by atoms with Gasteiger partial charge in [0.05, 0.1) is 6.61 Å². The van der Waals surface area contributed by atoms with Gasteiger partial charge in [-0.25, -0.2) is 0 Å². The molecule has 1 aromatic carbocycles. The number of nitrogens with two attached hydrogens (primary N) is 1. The fourth-order valence-electron chi connectivity index (χ4n) is 2.45. The van der Waals surface area contributed by atoms with Crippen LogP contribution < -0.4 is 11.1 Å². The second-order valence-electron chi connectivity index (χ2n) is 5.12. The topological polar surface area (TPSA) is 67.6 Å². The standard InChI is InChI=1S/C15H23N3O2/c16-7-9-20-12-15(19)17-14-6-8-18(11-14)10-13-4-2-1-3-5-13/h1-5,14H,6-12,16H2,(H,17,19). The van der Waals surface area contributed by atoms with Crippen molar-refractivity contribution in [2.75, 3.05) is 32.8 Å². The summed E-state index contributed by atoms with van der Waals surface area (Å²) in [6.45, 7) is 3.84. The number of carbonyl (C=O) groups is 1. The molecule has 2 rings (SSSR count). The third-order valence-corrected chi connectivity index (χ3v) is 3.38. The Kier molecular flexibility index (Phi) is 5.98. The van der Waals surface area contributed by atoms with Crippen molar-refractivity contribution < 1.29 is 9.53 Å². The normalized spacial score (nSPS) is 19.1. The molecule has 20 heavy (non-hydrogen) atoms. The molecule has 1 unspecified atom stereocenters. The van der Waals surface area contributed by atoms with Gasteiger partial charge in [0.15, 0.2) is 0 Å². The van der Waals surface area contributed by atoms with E-state index in [1.54, 1.807) is 0 Å². The van der Waals surface area contributed by atoms with E-state index in [-0.39, 0.29) is 18.6 Å². The number of nitrogens with zero attached hydrogens (tertiary/aromatic N) is 1. The number of hydrogen-bond donors (Lipinski definition) is 2. The lowest BCUT2D eigenvalue weighted by Crippen LogP contribution is -2.39. The maximum Gasteiger partial charge on any atom is 0.246 e. The van der Waals surface area contributed by atoms with Gasteiger partial charge in [0.25, 0.3) is 0 Å². The molecular weight excluding hydrogens is 254 g/mol. The van der Waals surface area contributed by atoms with Crippen molar-refractivity contribution in [1.29, 1.82) is 0 Å². The highest BCUT2D eigenvalue weighted by molar-refractivity contribution is 5.77. The number of amides is 1. The van der Waals surface area contributed by atoms with Crippen LogP contribution in [0.15, 0.2) is 30.3 Å². The molecule has 1 aliphatic heterocycles. The third-order valence-electron chi connectivity index (χ3n) is 3.38. The molecule has 5 heteroatoms. The molecule has 0 saturated carbocycles. The van der Waals surface area contributed by atoms with Gasteiger partial charge in [-0.1, -0.05) is 30.3 Å². The number of likely N-dealkylation sites (tertiary alicyclic amines) is 1. The number of ether oxygens (including phenoxy) is 1. The minimum absolute atomic E-state index is 0.0509. The van der Waals surface area contributed by atoms with Crippen LogP contribution in [0.3, 0.4) is 0 Å². The van der Waals surface area contributed by atoms with Crippen LogP contribution in [0.2, 0.25) is 0 Å². The Labute approximate surface area is 120 Å². The van der Waals surface area contributed by atoms with E-state index in [9.17, 15) is 4.79 Å². The zero-order valence-corrected chi connectivity index (χ0v) is 11.8. The summed E-state index contributed by atoms with van der Waals surface area (Å²) in [5.41, 5.74) is 6.62. The van der Waals surface area contributed by atoms with E-state index in [0.29, 0.717) is 13.2 Å². The zero-order chi connectivity index (χ0) is 14.2. The fourth-order valence-corrected chi connectivity index (χ4v) is 2.45. The minimum atomic E-state index is -0.0509. The quantitative estimate of drug-likeness (QED) is 0.706. The summed E-state index contributed by atoms with van der Waals surface area (Å²) in [5, 5.41) is 3.01. The van der Waals surface area contributed by atoms with Crippen molar-refractivity contribution in [2.45, 2.75) is 19.0 Å². The summed E-state index contributed by atoms with van der Waals surface area (Å²) in [6.07, 6.45) is 0.995. The van der Waals surface area contributed by atoms with Crippen LogP contribution in [0.1, 0.15) is 12.0 Å². The summed E-state index contributed by atoms with van der Waals surface area (Å²) in [6, 6.07) is 10.6. The second kappa shape index (κ2) is 7.99. The lowest BCUT2D eigenvalue weighted by molar-refractivity contribution is -0.126. The van der Waals surface area contributed by atoms with Crippen molar-refractivity contribution in [3.8, 4) is 0 Å². The van der Waals surface area contributed by atoms with E-state index in [1.165, 1.54) is 5.56 Å². The Morgan fingerprint density at radius 1 is 1.40 bits per heavy atom. The van der Waals surface area contributed by atoms with Gasteiger partial charge in [-0.15, -0.1) is 0 Å². The van der Waals surface area contributed by atoms with E-state index in [2.05, 4.69) is 34.5 Å². The van der Waals surface area contributed by atoms with E-state index in [4.69, 9.17) is 10.5 Å². The summed E-state index contributed by atoms with van der Waals surface area (Å²) < 4.78 is 5.13. The van der Waals surface area contributed by atoms with Crippen LogP contribution >= 0.6 is 0 Å². The molecule has 1 amide bonds. The Bertz CT molecular complexity index is 411. The van der Waals surface area contributed by atoms with Gasteiger partial charge >= 0.3 is 0 Å². The highest BCUT2D eigenvalue weighted by Crippen LogP contribution is 2.13. The van der Waals surface area contributed by atoms with E-state index in [0.717, 1.165) is 26.1 Å². The van der Waals surface area contributed by atoms with Crippen molar-refractivity contribution >= 4 is 5.91 Å². The van der Waals surface area contributed by atoms with Crippen molar-refractivity contribution in [3.05, 3.63) is 35.9 Å². The monoisotopic (exact) mass is 277 g/mol. The Morgan fingerprint density at radius 2 is 2.20 bits per heavy atom. The first-order valence-corrected chi connectivity index (χ1v) is 7.11. The van der Waals surface area contributed by atoms with Crippen LogP contribution in [0, 0.1) is 0 Å². The Balaban J connectivity index is 1.68. The molecule has 0 aromatic heterocycles. The van der Waals surface area contributed by atoms with Crippen LogP contribution in [0.4, 0.5) is 0 Å². The van der Waals surface area contributed by atoms with Crippen LogP contribution in [0.25, 0.3) is 0 Å². The summed E-state index contributed by atoms with van der Waals surface area (Å²) >= 11 is 0. The molecule has 110 valence electrons. The van der Waals surface area contributed by atoms with E-state index < -0.39 is 0 Å². The predicted octanol–water partition coefficient (Wildman–Crippen LogP) is 0.352. The number of hydrogen-bond acceptors (Lipinski definition) is 4. The van der Waals surface area contributed by atoms with E-state index in [1.807, 2.05) is 6.07 Å². The van der Waals surface area contributed by atoms with Gasteiger partial charge in [-0.3, -0.25) is 9.69 Å². The van der Waals surface area contributed by atoms with Crippen LogP contribution in [-0.4, -0.2) is 49.7 Å². The third kappa shape index (κ3) is 4.92. The Hall–Kier alpha value is -1.43. The number of carbonyl (C=O) groups excluding carboxylic acids is 1. The lowest BCUT2D eigenvalue weighted by atomic mass is 10.2. The van der Waals surface area contributed by atoms with Gasteiger partial charge < -0.3 is 15.8 Å². The van der Waals surface area contributed by atoms with Gasteiger partial charge in [0.1, 0.15) is 6.61 Å². The van der Waals surface area contributed by atoms with Crippen LogP contribution in [0.5, 0.6) is 0 Å². The average molecular weight is 277 g/mol. The van der Waals surface area contributed by atoms with Gasteiger partial charge in [0, 0.05) is 32.2 Å². The Morgan fingerprint density at radius 3 is 2.95 bits per heavy atom. The van der Waals surface area contributed by atoms with Gasteiger partial charge in [-0.05, 0) is 12.0 Å². The minimum Gasteiger partial charge on any atom is -0.370 e. The number of benzene rings is 1. The molecule has 0 aliphatic carbocycles. The van der Waals surface area contributed by atoms with Gasteiger partial charge in [-0.2, -0.15) is 0 Å². The first-order chi connectivity index (χ1) is 9.78. The maximum absolute atomic E-state index is 11.6. The molecule has 0 bridgehead atoms. The molecule has 5 nitrogen and oxygen atoms in total. The number of nitrogens with one attached hydrogen (secondary N) is 1. The molecule has 1 atom stereocenters. The predicted molar refractivity (Wildman–Crippen MR) is 78.1 cm³/mol. The highest BCUT2D eigenvalue weighted by atomic mass is 16.5. The molecule has 1 aromatic rings. The first-order valence-electron chi connectivity index (χ1n) is 7.11. The smallest absolute Gasteiger partial charge is 0.246 e. The number of rotatable bonds is 7. The summed E-state index contributed by atoms with van der Waals surface area (Å²) in [5.74, 6) is -0.0509. The molecule has 1 heterocycles. The lowest BCUT2D eigenvalue weighted by Gasteiger charge is -2.16. The van der Waals surface area contributed by atoms with Gasteiger partial charge in [0.2, 0.25) is 5.91 Å². The maximum atomic E-state index is 11.6. The first kappa shape index (κ1) is 15.0. The summed E-state index contributed by atoms with van der Waals surface area (Å²) in [7, 11) is 0. The summed E-state index contributed by atoms with van der Waals surface area (Å²) in [4.78, 5) is 14.0.